The van der Waals surface area contributed by atoms with Crippen LogP contribution in [0, 0.1) is 0 Å². The van der Waals surface area contributed by atoms with Crippen molar-refractivity contribution in [2.24, 2.45) is 0 Å². The highest BCUT2D eigenvalue weighted by Crippen LogP contribution is 2.25. The van der Waals surface area contributed by atoms with E-state index in [0.717, 1.165) is 25.1 Å². The summed E-state index contributed by atoms with van der Waals surface area (Å²) in [6.07, 6.45) is 3.91. The van der Waals surface area contributed by atoms with Crippen molar-refractivity contribution in [3.8, 4) is 0 Å². The van der Waals surface area contributed by atoms with E-state index in [0.29, 0.717) is 6.61 Å². The van der Waals surface area contributed by atoms with Crippen LogP contribution in [0.5, 0.6) is 0 Å². The van der Waals surface area contributed by atoms with Crippen LogP contribution >= 0.6 is 11.8 Å². The molecule has 0 spiro atoms. The zero-order valence-corrected chi connectivity index (χ0v) is 14.7. The molecule has 0 aromatic rings. The normalized spacial score (nSPS) is 25.3. The lowest BCUT2D eigenvalue weighted by Gasteiger charge is -2.45. The molecule has 124 valence electrons. The third-order valence-electron chi connectivity index (χ3n) is 3.31. The van der Waals surface area contributed by atoms with Crippen LogP contribution in [-0.2, 0) is 9.47 Å². The molecule has 5 nitrogen and oxygen atoms in total. The third-order valence-corrected chi connectivity index (χ3v) is 4.01. The molecule has 0 radical (unpaired) electrons. The Bertz CT molecular complexity index is 321. The molecule has 0 heterocycles. The molecular formula is C15H30N2O3S. The molecule has 0 aromatic carbocycles. The minimum absolute atomic E-state index is 0.0886. The molecule has 1 rings (SSSR count). The highest BCUT2D eigenvalue weighted by Gasteiger charge is 2.42. The van der Waals surface area contributed by atoms with Gasteiger partial charge >= 0.3 is 6.09 Å². The number of carbonyl (C=O) groups excluding carboxylic acids is 1. The summed E-state index contributed by atoms with van der Waals surface area (Å²) in [6, 6.07) is 0.269. The Morgan fingerprint density at radius 2 is 2.10 bits per heavy atom. The van der Waals surface area contributed by atoms with Gasteiger partial charge in [-0.05, 0) is 59.1 Å². The van der Waals surface area contributed by atoms with Gasteiger partial charge in [-0.3, -0.25) is 0 Å². The van der Waals surface area contributed by atoms with Gasteiger partial charge in [0.1, 0.15) is 5.60 Å². The van der Waals surface area contributed by atoms with E-state index < -0.39 is 5.60 Å². The summed E-state index contributed by atoms with van der Waals surface area (Å²) in [7, 11) is 0. The van der Waals surface area contributed by atoms with E-state index >= 15 is 0 Å². The number of thioether (sulfide) groups is 1. The molecule has 3 atom stereocenters. The molecule has 0 aromatic heterocycles. The van der Waals surface area contributed by atoms with Crippen LogP contribution in [0.2, 0.25) is 0 Å². The summed E-state index contributed by atoms with van der Waals surface area (Å²) >= 11 is 1.85. The first-order chi connectivity index (χ1) is 9.87. The van der Waals surface area contributed by atoms with Crippen LogP contribution in [0.3, 0.4) is 0 Å². The lowest BCUT2D eigenvalue weighted by Crippen LogP contribution is -2.66. The minimum atomic E-state index is -0.464. The standard InChI is InChI=1S/C15H30N2O3S/c1-6-19-12-10-11(13(12)16-8-7-9-21-5)17-14(18)20-15(2,3)4/h11-13,16H,6-10H2,1-5H3,(H,17,18). The lowest BCUT2D eigenvalue weighted by atomic mass is 9.82. The molecular weight excluding hydrogens is 288 g/mol. The molecule has 3 unspecified atom stereocenters. The fourth-order valence-electron chi connectivity index (χ4n) is 2.36. The van der Waals surface area contributed by atoms with Gasteiger partial charge in [0.2, 0.25) is 0 Å². The second-order valence-corrected chi connectivity index (χ2v) is 7.29. The second-order valence-electron chi connectivity index (χ2n) is 6.31. The van der Waals surface area contributed by atoms with Crippen LogP contribution in [0.15, 0.2) is 0 Å². The molecule has 1 amide bonds. The summed E-state index contributed by atoms with van der Waals surface area (Å²) < 4.78 is 11.0. The summed E-state index contributed by atoms with van der Waals surface area (Å²) in [4.78, 5) is 11.8. The lowest BCUT2D eigenvalue weighted by molar-refractivity contribution is -0.0430. The van der Waals surface area contributed by atoms with E-state index in [1.54, 1.807) is 0 Å². The van der Waals surface area contributed by atoms with Crippen molar-refractivity contribution in [3.05, 3.63) is 0 Å². The topological polar surface area (TPSA) is 59.6 Å². The monoisotopic (exact) mass is 318 g/mol. The van der Waals surface area contributed by atoms with Crippen LogP contribution in [0.4, 0.5) is 4.79 Å². The second kappa shape index (κ2) is 8.86. The predicted molar refractivity (Wildman–Crippen MR) is 88.0 cm³/mol. The molecule has 1 fully saturated rings. The Labute approximate surface area is 132 Å². The van der Waals surface area contributed by atoms with E-state index in [-0.39, 0.29) is 24.3 Å². The number of rotatable bonds is 8. The zero-order valence-electron chi connectivity index (χ0n) is 13.9. The number of hydrogen-bond donors (Lipinski definition) is 2. The van der Waals surface area contributed by atoms with Gasteiger partial charge in [0.05, 0.1) is 18.2 Å². The molecule has 0 saturated heterocycles. The van der Waals surface area contributed by atoms with E-state index in [9.17, 15) is 4.79 Å². The van der Waals surface area contributed by atoms with Gasteiger partial charge in [-0.1, -0.05) is 0 Å². The molecule has 1 aliphatic carbocycles. The molecule has 6 heteroatoms. The Morgan fingerprint density at radius 3 is 2.67 bits per heavy atom. The van der Waals surface area contributed by atoms with Gasteiger partial charge in [0, 0.05) is 6.61 Å². The minimum Gasteiger partial charge on any atom is -0.444 e. The molecule has 0 aliphatic heterocycles. The molecule has 21 heavy (non-hydrogen) atoms. The Kier molecular flexibility index (Phi) is 7.84. The van der Waals surface area contributed by atoms with E-state index in [1.807, 2.05) is 39.5 Å². The van der Waals surface area contributed by atoms with Gasteiger partial charge in [0.15, 0.2) is 0 Å². The SMILES string of the molecule is CCOC1CC(NC(=O)OC(C)(C)C)C1NCCCSC. The van der Waals surface area contributed by atoms with E-state index in [2.05, 4.69) is 16.9 Å². The van der Waals surface area contributed by atoms with Crippen molar-refractivity contribution in [2.75, 3.05) is 25.2 Å². The zero-order chi connectivity index (χ0) is 15.9. The summed E-state index contributed by atoms with van der Waals surface area (Å²) in [5, 5.41) is 6.44. The first kappa shape index (κ1) is 18.6. The van der Waals surface area contributed by atoms with Crippen molar-refractivity contribution in [3.63, 3.8) is 0 Å². The number of ether oxygens (including phenoxy) is 2. The van der Waals surface area contributed by atoms with Crippen molar-refractivity contribution in [1.29, 1.82) is 0 Å². The quantitative estimate of drug-likeness (QED) is 0.673. The summed E-state index contributed by atoms with van der Waals surface area (Å²) in [6.45, 7) is 9.26. The van der Waals surface area contributed by atoms with Gasteiger partial charge in [0.25, 0.3) is 0 Å². The number of hydrogen-bond acceptors (Lipinski definition) is 5. The molecule has 1 aliphatic rings. The van der Waals surface area contributed by atoms with Crippen LogP contribution in [0.25, 0.3) is 0 Å². The maximum Gasteiger partial charge on any atom is 0.407 e. The Hall–Kier alpha value is -0.460. The fraction of sp³-hybridized carbons (Fsp3) is 0.933. The highest BCUT2D eigenvalue weighted by atomic mass is 32.2. The van der Waals surface area contributed by atoms with E-state index in [4.69, 9.17) is 9.47 Å². The third kappa shape index (κ3) is 6.89. The largest absolute Gasteiger partial charge is 0.444 e. The molecule has 2 N–H and O–H groups in total. The average Bonchev–Trinajstić information content (AvgIpc) is 2.35. The first-order valence-electron chi connectivity index (χ1n) is 7.70. The van der Waals surface area contributed by atoms with Gasteiger partial charge < -0.3 is 20.1 Å². The summed E-state index contributed by atoms with van der Waals surface area (Å²) in [5.41, 5.74) is -0.464. The van der Waals surface area contributed by atoms with Crippen molar-refractivity contribution >= 4 is 17.9 Å². The maximum absolute atomic E-state index is 11.8. The number of alkyl carbamates (subject to hydrolysis) is 1. The average molecular weight is 318 g/mol. The van der Waals surface area contributed by atoms with Gasteiger partial charge in [-0.25, -0.2) is 4.79 Å². The van der Waals surface area contributed by atoms with Crippen LogP contribution < -0.4 is 10.6 Å². The predicted octanol–water partition coefficient (Wildman–Crippen LogP) is 2.40. The number of nitrogens with one attached hydrogen (secondary N) is 2. The fourth-order valence-corrected chi connectivity index (χ4v) is 2.79. The first-order valence-corrected chi connectivity index (χ1v) is 9.10. The van der Waals surface area contributed by atoms with Crippen molar-refractivity contribution < 1.29 is 14.3 Å². The van der Waals surface area contributed by atoms with Gasteiger partial charge in [-0.15, -0.1) is 0 Å². The Balaban J connectivity index is 2.39. The van der Waals surface area contributed by atoms with Crippen LogP contribution in [-0.4, -0.2) is 55.0 Å². The highest BCUT2D eigenvalue weighted by molar-refractivity contribution is 7.98. The van der Waals surface area contributed by atoms with Crippen molar-refractivity contribution in [2.45, 2.75) is 64.3 Å². The summed E-state index contributed by atoms with van der Waals surface area (Å²) in [5.74, 6) is 1.14. The number of carbonyl (C=O) groups is 1. The van der Waals surface area contributed by atoms with Crippen molar-refractivity contribution in [1.82, 2.24) is 10.6 Å². The van der Waals surface area contributed by atoms with Crippen LogP contribution in [0.1, 0.15) is 40.5 Å². The smallest absolute Gasteiger partial charge is 0.407 e. The van der Waals surface area contributed by atoms with E-state index in [1.165, 1.54) is 0 Å². The number of amides is 1. The van der Waals surface area contributed by atoms with Gasteiger partial charge in [-0.2, -0.15) is 11.8 Å². The molecule has 0 bridgehead atoms. The molecule has 1 saturated carbocycles. The maximum atomic E-state index is 11.8. The Morgan fingerprint density at radius 1 is 1.38 bits per heavy atom.